The largest absolute Gasteiger partial charge is 0.455 e. The van der Waals surface area contributed by atoms with Gasteiger partial charge in [0.1, 0.15) is 0 Å². The van der Waals surface area contributed by atoms with Gasteiger partial charge in [0.05, 0.1) is 5.92 Å². The first-order chi connectivity index (χ1) is 14.1. The third kappa shape index (κ3) is 6.45. The van der Waals surface area contributed by atoms with Gasteiger partial charge in [-0.25, -0.2) is 9.97 Å². The van der Waals surface area contributed by atoms with E-state index in [0.29, 0.717) is 37.9 Å². The van der Waals surface area contributed by atoms with Gasteiger partial charge < -0.3 is 14.5 Å². The molecule has 0 bridgehead atoms. The third-order valence-electron chi connectivity index (χ3n) is 4.69. The molecule has 7 nitrogen and oxygen atoms in total. The first-order valence-electron chi connectivity index (χ1n) is 9.71. The summed E-state index contributed by atoms with van der Waals surface area (Å²) in [7, 11) is 0. The van der Waals surface area contributed by atoms with Gasteiger partial charge in [0, 0.05) is 50.1 Å². The Morgan fingerprint density at radius 3 is 2.45 bits per heavy atom. The average molecular weight is 415 g/mol. The van der Waals surface area contributed by atoms with Gasteiger partial charge in [0.2, 0.25) is 5.95 Å². The van der Waals surface area contributed by atoms with Gasteiger partial charge in [0.25, 0.3) is 5.91 Å². The molecule has 2 heterocycles. The standard InChI is InChI=1S/C21H26N4O3S/c1-17(15-29-16-18-6-3-2-4-7-18)20(27)28-14-19(26)24-10-12-25(13-11-24)21-22-8-5-9-23-21/h2-9,17H,10-16H2,1H3. The molecule has 1 fully saturated rings. The molecule has 1 aliphatic heterocycles. The zero-order valence-electron chi connectivity index (χ0n) is 16.6. The lowest BCUT2D eigenvalue weighted by atomic mass is 10.2. The average Bonchev–Trinajstić information content (AvgIpc) is 2.78. The van der Waals surface area contributed by atoms with Crippen LogP contribution in [0.1, 0.15) is 12.5 Å². The fourth-order valence-corrected chi connectivity index (χ4v) is 4.01. The van der Waals surface area contributed by atoms with Gasteiger partial charge in [-0.15, -0.1) is 0 Å². The number of ether oxygens (including phenoxy) is 1. The Labute approximate surface area is 175 Å². The third-order valence-corrected chi connectivity index (χ3v) is 5.96. The smallest absolute Gasteiger partial charge is 0.309 e. The molecule has 1 aromatic carbocycles. The highest BCUT2D eigenvalue weighted by molar-refractivity contribution is 7.98. The summed E-state index contributed by atoms with van der Waals surface area (Å²) < 4.78 is 5.25. The van der Waals surface area contributed by atoms with E-state index in [4.69, 9.17) is 4.74 Å². The Morgan fingerprint density at radius 2 is 1.76 bits per heavy atom. The molecule has 1 unspecified atom stereocenters. The number of piperazine rings is 1. The number of thioether (sulfide) groups is 1. The summed E-state index contributed by atoms with van der Waals surface area (Å²) in [6, 6.07) is 11.9. The van der Waals surface area contributed by atoms with E-state index in [1.807, 2.05) is 30.0 Å². The highest BCUT2D eigenvalue weighted by Gasteiger charge is 2.24. The van der Waals surface area contributed by atoms with Crippen molar-refractivity contribution in [1.29, 1.82) is 0 Å². The first kappa shape index (κ1) is 21.1. The van der Waals surface area contributed by atoms with E-state index in [-0.39, 0.29) is 24.4 Å². The number of anilines is 1. The molecule has 0 radical (unpaired) electrons. The van der Waals surface area contributed by atoms with Gasteiger partial charge in [0.15, 0.2) is 6.61 Å². The quantitative estimate of drug-likeness (QED) is 0.613. The molecule has 0 saturated carbocycles. The Morgan fingerprint density at radius 1 is 1.07 bits per heavy atom. The second-order valence-electron chi connectivity index (χ2n) is 6.93. The predicted octanol–water partition coefficient (Wildman–Crippen LogP) is 2.24. The van der Waals surface area contributed by atoms with Crippen molar-refractivity contribution in [3.05, 3.63) is 54.4 Å². The molecule has 154 valence electrons. The van der Waals surface area contributed by atoms with Crippen LogP contribution in [0.4, 0.5) is 5.95 Å². The second-order valence-corrected chi connectivity index (χ2v) is 7.96. The van der Waals surface area contributed by atoms with Crippen LogP contribution in [0.15, 0.2) is 48.8 Å². The summed E-state index contributed by atoms with van der Waals surface area (Å²) in [6.07, 6.45) is 3.41. The SMILES string of the molecule is CC(CSCc1ccccc1)C(=O)OCC(=O)N1CCN(c2ncccn2)CC1. The molecular formula is C21H26N4O3S. The van der Waals surface area contributed by atoms with Crippen LogP contribution in [0, 0.1) is 5.92 Å². The van der Waals surface area contributed by atoms with Gasteiger partial charge in [-0.05, 0) is 11.6 Å². The van der Waals surface area contributed by atoms with Crippen molar-refractivity contribution in [2.24, 2.45) is 5.92 Å². The van der Waals surface area contributed by atoms with Crippen LogP contribution in [0.5, 0.6) is 0 Å². The minimum Gasteiger partial charge on any atom is -0.455 e. The fourth-order valence-electron chi connectivity index (χ4n) is 2.97. The van der Waals surface area contributed by atoms with Crippen LogP contribution in [0.2, 0.25) is 0 Å². The summed E-state index contributed by atoms with van der Waals surface area (Å²) in [5.41, 5.74) is 1.23. The van der Waals surface area contributed by atoms with Gasteiger partial charge in [-0.2, -0.15) is 11.8 Å². The number of amides is 1. The van der Waals surface area contributed by atoms with Crippen LogP contribution >= 0.6 is 11.8 Å². The van der Waals surface area contributed by atoms with Crippen LogP contribution in [-0.2, 0) is 20.1 Å². The van der Waals surface area contributed by atoms with Crippen molar-refractivity contribution in [2.45, 2.75) is 12.7 Å². The minimum absolute atomic E-state index is 0.156. The molecule has 0 spiro atoms. The van der Waals surface area contributed by atoms with Crippen molar-refractivity contribution in [1.82, 2.24) is 14.9 Å². The number of hydrogen-bond acceptors (Lipinski definition) is 7. The maximum Gasteiger partial charge on any atom is 0.309 e. The molecule has 1 aromatic heterocycles. The van der Waals surface area contributed by atoms with Crippen molar-refractivity contribution in [3.8, 4) is 0 Å². The number of rotatable bonds is 8. The molecule has 8 heteroatoms. The summed E-state index contributed by atoms with van der Waals surface area (Å²) >= 11 is 1.69. The molecule has 0 N–H and O–H groups in total. The number of nitrogens with zero attached hydrogens (tertiary/aromatic N) is 4. The number of aromatic nitrogens is 2. The van der Waals surface area contributed by atoms with Crippen molar-refractivity contribution in [3.63, 3.8) is 0 Å². The van der Waals surface area contributed by atoms with Crippen LogP contribution < -0.4 is 4.90 Å². The Bertz CT molecular complexity index is 783. The van der Waals surface area contributed by atoms with Crippen molar-refractivity contribution < 1.29 is 14.3 Å². The van der Waals surface area contributed by atoms with Crippen LogP contribution in [-0.4, -0.2) is 65.3 Å². The molecule has 1 aliphatic rings. The maximum absolute atomic E-state index is 12.4. The zero-order chi connectivity index (χ0) is 20.5. The van der Waals surface area contributed by atoms with Crippen molar-refractivity contribution in [2.75, 3.05) is 43.4 Å². The fraction of sp³-hybridized carbons (Fsp3) is 0.429. The van der Waals surface area contributed by atoms with Crippen LogP contribution in [0.3, 0.4) is 0 Å². The number of carbonyl (C=O) groups is 2. The number of hydrogen-bond donors (Lipinski definition) is 0. The predicted molar refractivity (Wildman–Crippen MR) is 114 cm³/mol. The lowest BCUT2D eigenvalue weighted by Gasteiger charge is -2.34. The lowest BCUT2D eigenvalue weighted by molar-refractivity contribution is -0.154. The highest BCUT2D eigenvalue weighted by Crippen LogP contribution is 2.16. The maximum atomic E-state index is 12.4. The number of esters is 1. The monoisotopic (exact) mass is 414 g/mol. The van der Waals surface area contributed by atoms with Gasteiger partial charge >= 0.3 is 5.97 Å². The van der Waals surface area contributed by atoms with E-state index < -0.39 is 0 Å². The molecular weight excluding hydrogens is 388 g/mol. The zero-order valence-corrected chi connectivity index (χ0v) is 17.4. The van der Waals surface area contributed by atoms with E-state index in [0.717, 1.165) is 5.75 Å². The molecule has 0 aliphatic carbocycles. The molecule has 1 saturated heterocycles. The molecule has 3 rings (SSSR count). The molecule has 2 aromatic rings. The normalized spacial score (nSPS) is 15.1. The molecule has 1 atom stereocenters. The summed E-state index contributed by atoms with van der Waals surface area (Å²) in [4.78, 5) is 36.8. The minimum atomic E-state index is -0.324. The Hall–Kier alpha value is -2.61. The highest BCUT2D eigenvalue weighted by atomic mass is 32.2. The molecule has 29 heavy (non-hydrogen) atoms. The van der Waals surface area contributed by atoms with Crippen molar-refractivity contribution >= 4 is 29.6 Å². The first-order valence-corrected chi connectivity index (χ1v) is 10.9. The van der Waals surface area contributed by atoms with Crippen LogP contribution in [0.25, 0.3) is 0 Å². The van der Waals surface area contributed by atoms with E-state index in [2.05, 4.69) is 22.1 Å². The topological polar surface area (TPSA) is 75.6 Å². The summed E-state index contributed by atoms with van der Waals surface area (Å²) in [6.45, 7) is 4.10. The van der Waals surface area contributed by atoms with Gasteiger partial charge in [-0.1, -0.05) is 37.3 Å². The lowest BCUT2D eigenvalue weighted by Crippen LogP contribution is -2.50. The summed E-state index contributed by atoms with van der Waals surface area (Å²) in [5, 5.41) is 0. The number of carbonyl (C=O) groups excluding carboxylic acids is 2. The van der Waals surface area contributed by atoms with E-state index in [9.17, 15) is 9.59 Å². The Balaban J connectivity index is 1.34. The van der Waals surface area contributed by atoms with E-state index in [1.54, 1.807) is 35.1 Å². The van der Waals surface area contributed by atoms with Gasteiger partial charge in [-0.3, -0.25) is 9.59 Å². The van der Waals surface area contributed by atoms with E-state index in [1.165, 1.54) is 5.56 Å². The molecule has 1 amide bonds. The summed E-state index contributed by atoms with van der Waals surface area (Å²) in [5.74, 6) is 1.47. The number of benzene rings is 1. The Kier molecular flexibility index (Phi) is 7.86. The second kappa shape index (κ2) is 10.8. The van der Waals surface area contributed by atoms with E-state index >= 15 is 0 Å².